The minimum atomic E-state index is -4.55. The molecule has 0 atom stereocenters. The number of ether oxygens (including phenoxy) is 3. The molecule has 2 aromatic carbocycles. The number of carbonyl (C=O) groups is 1. The smallest absolute Gasteiger partial charge is 0.416 e. The van der Waals surface area contributed by atoms with Gasteiger partial charge in [-0.2, -0.15) is 13.2 Å². The molecule has 1 heterocycles. The fourth-order valence-corrected chi connectivity index (χ4v) is 2.86. The highest BCUT2D eigenvalue weighted by molar-refractivity contribution is 6.23. The summed E-state index contributed by atoms with van der Waals surface area (Å²) < 4.78 is 54.2. The Balaban J connectivity index is 1.97. The second-order valence-electron chi connectivity index (χ2n) is 6.64. The summed E-state index contributed by atoms with van der Waals surface area (Å²) in [5.41, 5.74) is -0.698. The number of aliphatic hydroxyl groups is 1. The van der Waals surface area contributed by atoms with Crippen molar-refractivity contribution >= 4 is 17.3 Å². The molecule has 0 bridgehead atoms. The summed E-state index contributed by atoms with van der Waals surface area (Å²) in [5.74, 6) is -1.05. The van der Waals surface area contributed by atoms with Gasteiger partial charge in [0, 0.05) is 12.4 Å². The van der Waals surface area contributed by atoms with Crippen molar-refractivity contribution in [1.29, 1.82) is 0 Å². The first-order valence-electron chi connectivity index (χ1n) is 9.51. The van der Waals surface area contributed by atoms with E-state index >= 15 is 0 Å². The van der Waals surface area contributed by atoms with E-state index in [0.29, 0.717) is 5.75 Å². The monoisotopic (exact) mass is 460 g/mol. The lowest BCUT2D eigenvalue weighted by Gasteiger charge is -2.13. The molecule has 3 rings (SSSR count). The second kappa shape index (κ2) is 10.0. The first kappa shape index (κ1) is 23.6. The Morgan fingerprint density at radius 3 is 2.18 bits per heavy atom. The van der Waals surface area contributed by atoms with Gasteiger partial charge in [-0.15, -0.1) is 0 Å². The predicted molar refractivity (Wildman–Crippen MR) is 112 cm³/mol. The van der Waals surface area contributed by atoms with E-state index in [1.54, 1.807) is 31.4 Å². The Morgan fingerprint density at radius 2 is 1.61 bits per heavy atom. The fourth-order valence-electron chi connectivity index (χ4n) is 2.86. The van der Waals surface area contributed by atoms with Gasteiger partial charge in [-0.1, -0.05) is 24.3 Å². The van der Waals surface area contributed by atoms with Gasteiger partial charge in [0.25, 0.3) is 0 Å². The first-order chi connectivity index (χ1) is 15.7. The summed E-state index contributed by atoms with van der Waals surface area (Å²) in [6, 6.07) is 10.7. The summed E-state index contributed by atoms with van der Waals surface area (Å²) in [5, 5.41) is 10.9. The third-order valence-electron chi connectivity index (χ3n) is 4.55. The molecule has 1 aromatic heterocycles. The third-order valence-corrected chi connectivity index (χ3v) is 4.55. The van der Waals surface area contributed by atoms with Crippen LogP contribution >= 0.6 is 0 Å². The number of hydrogen-bond donors (Lipinski definition) is 1. The number of aromatic nitrogens is 2. The zero-order valence-electron chi connectivity index (χ0n) is 17.6. The number of nitrogens with zero attached hydrogens (tertiary/aromatic N) is 2. The van der Waals surface area contributed by atoms with Crippen molar-refractivity contribution in [2.75, 3.05) is 14.2 Å². The van der Waals surface area contributed by atoms with Gasteiger partial charge in [0.05, 0.1) is 19.8 Å². The van der Waals surface area contributed by atoms with Crippen LogP contribution in [0.4, 0.5) is 13.2 Å². The van der Waals surface area contributed by atoms with Crippen molar-refractivity contribution in [2.45, 2.75) is 12.8 Å². The number of methoxy groups -OCH3 is 2. The fraction of sp³-hybridized carbons (Fsp3) is 0.174. The van der Waals surface area contributed by atoms with Gasteiger partial charge in [-0.05, 0) is 35.4 Å². The van der Waals surface area contributed by atoms with Crippen LogP contribution in [0.5, 0.6) is 11.6 Å². The number of esters is 1. The number of aliphatic hydroxyl groups excluding tert-OH is 1. The molecule has 0 saturated heterocycles. The molecular formula is C23H19F3N2O5. The molecule has 10 heteroatoms. The van der Waals surface area contributed by atoms with Crippen LogP contribution in [0.15, 0.2) is 60.9 Å². The van der Waals surface area contributed by atoms with Gasteiger partial charge in [0.15, 0.2) is 11.5 Å². The number of rotatable bonds is 7. The van der Waals surface area contributed by atoms with Crippen LogP contribution in [0.1, 0.15) is 22.4 Å². The molecule has 172 valence electrons. The van der Waals surface area contributed by atoms with Gasteiger partial charge in [-0.3, -0.25) is 0 Å². The van der Waals surface area contributed by atoms with Gasteiger partial charge in [0.1, 0.15) is 17.9 Å². The molecule has 0 spiro atoms. The highest BCUT2D eigenvalue weighted by Gasteiger charge is 2.31. The van der Waals surface area contributed by atoms with E-state index in [1.807, 2.05) is 0 Å². The zero-order valence-corrected chi connectivity index (χ0v) is 17.6. The van der Waals surface area contributed by atoms with Crippen LogP contribution in [0.2, 0.25) is 0 Å². The van der Waals surface area contributed by atoms with Crippen molar-refractivity contribution in [1.82, 2.24) is 9.97 Å². The van der Waals surface area contributed by atoms with Crippen LogP contribution in [-0.4, -0.2) is 35.3 Å². The van der Waals surface area contributed by atoms with Crippen LogP contribution in [0.3, 0.4) is 0 Å². The van der Waals surface area contributed by atoms with Gasteiger partial charge in [-0.25, -0.2) is 14.8 Å². The highest BCUT2D eigenvalue weighted by Crippen LogP contribution is 2.33. The predicted octanol–water partition coefficient (Wildman–Crippen LogP) is 4.68. The minimum Gasteiger partial charge on any atom is -0.505 e. The molecule has 0 unspecified atom stereocenters. The largest absolute Gasteiger partial charge is 0.505 e. The molecule has 0 aliphatic heterocycles. The quantitative estimate of drug-likeness (QED) is 0.311. The number of benzene rings is 2. The maximum atomic E-state index is 12.9. The number of alkyl halides is 3. The number of halogens is 3. The minimum absolute atomic E-state index is 0.000826. The molecule has 0 aliphatic rings. The van der Waals surface area contributed by atoms with Crippen molar-refractivity contribution in [3.63, 3.8) is 0 Å². The first-order valence-corrected chi connectivity index (χ1v) is 9.51. The summed E-state index contributed by atoms with van der Waals surface area (Å²) in [4.78, 5) is 20.5. The van der Waals surface area contributed by atoms with E-state index in [1.165, 1.54) is 12.4 Å². The van der Waals surface area contributed by atoms with Gasteiger partial charge < -0.3 is 19.3 Å². The number of carbonyl (C=O) groups excluding carboxylic acids is 1. The Kier molecular flexibility index (Phi) is 7.17. The van der Waals surface area contributed by atoms with E-state index in [-0.39, 0.29) is 29.3 Å². The molecule has 33 heavy (non-hydrogen) atoms. The van der Waals surface area contributed by atoms with E-state index in [4.69, 9.17) is 14.2 Å². The average molecular weight is 460 g/mol. The van der Waals surface area contributed by atoms with Crippen LogP contribution in [0, 0.1) is 0 Å². The molecule has 0 saturated carbocycles. The Morgan fingerprint density at radius 1 is 0.970 bits per heavy atom. The summed E-state index contributed by atoms with van der Waals surface area (Å²) in [6.07, 6.45) is -1.95. The standard InChI is InChI=1S/C23H19F3N2O5/c1-31-17-9-3-14(4-10-17)13-33-21-19(27-11-12-28-21)20(29)18(22(30)32-2)15-5-7-16(8-6-15)23(24,25)26/h3-12,29H,13H2,1-2H3/b20-18+. The topological polar surface area (TPSA) is 90.8 Å². The summed E-state index contributed by atoms with van der Waals surface area (Å²) in [6.45, 7) is 0.0663. The molecular weight excluding hydrogens is 441 g/mol. The second-order valence-corrected chi connectivity index (χ2v) is 6.64. The Labute approximate surface area is 187 Å². The van der Waals surface area contributed by atoms with Crippen molar-refractivity contribution in [3.05, 3.63) is 83.3 Å². The van der Waals surface area contributed by atoms with E-state index in [0.717, 1.165) is 36.9 Å². The maximum Gasteiger partial charge on any atom is 0.416 e. The van der Waals surface area contributed by atoms with E-state index in [9.17, 15) is 23.1 Å². The molecule has 0 fully saturated rings. The number of hydrogen-bond acceptors (Lipinski definition) is 7. The molecule has 0 amide bonds. The van der Waals surface area contributed by atoms with Crippen LogP contribution in [-0.2, 0) is 22.3 Å². The average Bonchev–Trinajstić information content (AvgIpc) is 2.83. The maximum absolute atomic E-state index is 12.9. The van der Waals surface area contributed by atoms with Crippen molar-refractivity contribution in [3.8, 4) is 11.6 Å². The lowest BCUT2D eigenvalue weighted by molar-refractivity contribution is -0.137. The summed E-state index contributed by atoms with van der Waals surface area (Å²) in [7, 11) is 2.62. The molecule has 7 nitrogen and oxygen atoms in total. The molecule has 1 N–H and O–H groups in total. The van der Waals surface area contributed by atoms with Gasteiger partial charge >= 0.3 is 12.1 Å². The lowest BCUT2D eigenvalue weighted by Crippen LogP contribution is -2.10. The highest BCUT2D eigenvalue weighted by atomic mass is 19.4. The van der Waals surface area contributed by atoms with Crippen molar-refractivity contribution in [2.24, 2.45) is 0 Å². The zero-order chi connectivity index (χ0) is 24.0. The van der Waals surface area contributed by atoms with E-state index < -0.39 is 23.5 Å². The third kappa shape index (κ3) is 5.59. The van der Waals surface area contributed by atoms with E-state index in [2.05, 4.69) is 9.97 Å². The van der Waals surface area contributed by atoms with Gasteiger partial charge in [0.2, 0.25) is 5.88 Å². The molecule has 0 aliphatic carbocycles. The Hall–Kier alpha value is -4.08. The normalized spacial score (nSPS) is 12.0. The van der Waals surface area contributed by atoms with Crippen LogP contribution in [0.25, 0.3) is 11.3 Å². The van der Waals surface area contributed by atoms with Crippen LogP contribution < -0.4 is 9.47 Å². The SMILES string of the molecule is COC(=O)/C(=C(/O)c1nccnc1OCc1ccc(OC)cc1)c1ccc(C(F)(F)F)cc1. The molecule has 3 aromatic rings. The lowest BCUT2D eigenvalue weighted by atomic mass is 10.0. The molecule has 0 radical (unpaired) electrons. The Bertz CT molecular complexity index is 1140. The summed E-state index contributed by atoms with van der Waals surface area (Å²) >= 11 is 0. The van der Waals surface area contributed by atoms with Crippen molar-refractivity contribution < 1.29 is 37.3 Å².